The number of ether oxygens (including phenoxy) is 1. The third-order valence-corrected chi connectivity index (χ3v) is 3.37. The lowest BCUT2D eigenvalue weighted by Crippen LogP contribution is -2.48. The molecule has 9 nitrogen and oxygen atoms in total. The fraction of sp³-hybridized carbons (Fsp3) is 0.583. The smallest absolute Gasteiger partial charge is 0.408 e. The second-order valence-corrected chi connectivity index (χ2v) is 8.05. The Hall–Kier alpha value is -1.72. The summed E-state index contributed by atoms with van der Waals surface area (Å²) in [6.07, 6.45) is 1.47. The molecule has 11 heteroatoms. The zero-order valence-electron chi connectivity index (χ0n) is 13.2. The third-order valence-electron chi connectivity index (χ3n) is 2.12. The van der Waals surface area contributed by atoms with E-state index >= 15 is 0 Å². The zero-order valence-corrected chi connectivity index (χ0v) is 14.8. The molecule has 1 heterocycles. The van der Waals surface area contributed by atoms with E-state index in [0.717, 1.165) is 6.26 Å². The summed E-state index contributed by atoms with van der Waals surface area (Å²) in [6.45, 7) is 4.41. The Labute approximate surface area is 138 Å². The van der Waals surface area contributed by atoms with Crippen LogP contribution >= 0.6 is 11.3 Å². The molecule has 0 aromatic carbocycles. The number of carbonyl (C=O) groups excluding carboxylic acids is 2. The van der Waals surface area contributed by atoms with Gasteiger partial charge in [-0.05, 0) is 20.8 Å². The predicted molar refractivity (Wildman–Crippen MR) is 84.7 cm³/mol. The van der Waals surface area contributed by atoms with Crippen LogP contribution in [0.5, 0.6) is 0 Å². The molecule has 0 aliphatic heterocycles. The minimum Gasteiger partial charge on any atom is -0.444 e. The molecule has 2 N–H and O–H groups in total. The Balaban J connectivity index is 2.75. The predicted octanol–water partition coefficient (Wildman–Crippen LogP) is 0.951. The van der Waals surface area contributed by atoms with Crippen LogP contribution in [0.1, 0.15) is 20.8 Å². The maximum atomic E-state index is 12.1. The first-order chi connectivity index (χ1) is 10.5. The highest BCUT2D eigenvalue weighted by Gasteiger charge is 2.26. The molecule has 23 heavy (non-hydrogen) atoms. The summed E-state index contributed by atoms with van der Waals surface area (Å²) in [7, 11) is -3.77. The quantitative estimate of drug-likeness (QED) is 0.719. The minimum atomic E-state index is -3.77. The van der Waals surface area contributed by atoms with Crippen LogP contribution in [-0.2, 0) is 23.8 Å². The van der Waals surface area contributed by atoms with Gasteiger partial charge < -0.3 is 15.4 Å². The van der Waals surface area contributed by atoms with E-state index < -0.39 is 40.4 Å². The zero-order chi connectivity index (χ0) is 17.7. The molecule has 0 aliphatic carbocycles. The van der Waals surface area contributed by atoms with Crippen molar-refractivity contribution in [2.24, 2.45) is 0 Å². The molecule has 2 amide bonds. The van der Waals surface area contributed by atoms with Gasteiger partial charge in [-0.25, -0.2) is 9.78 Å². The van der Waals surface area contributed by atoms with Crippen LogP contribution in [0.4, 0.5) is 9.93 Å². The Kier molecular flexibility index (Phi) is 6.47. The lowest BCUT2D eigenvalue weighted by Gasteiger charge is -2.22. The summed E-state index contributed by atoms with van der Waals surface area (Å²) < 4.78 is 31.8. The molecule has 1 aromatic heterocycles. The van der Waals surface area contributed by atoms with E-state index in [9.17, 15) is 18.0 Å². The first-order valence-electron chi connectivity index (χ1n) is 6.50. The van der Waals surface area contributed by atoms with Crippen LogP contribution < -0.4 is 10.6 Å². The summed E-state index contributed by atoms with van der Waals surface area (Å²) in [5.74, 6) is -0.672. The number of hydrogen-bond acceptors (Lipinski definition) is 8. The summed E-state index contributed by atoms with van der Waals surface area (Å²) in [4.78, 5) is 27.8. The molecular formula is C12H19N3O6S2. The van der Waals surface area contributed by atoms with Gasteiger partial charge in [0.2, 0.25) is 0 Å². The molecule has 0 radical (unpaired) electrons. The van der Waals surface area contributed by atoms with Gasteiger partial charge in [0.05, 0.1) is 12.9 Å². The average molecular weight is 365 g/mol. The van der Waals surface area contributed by atoms with Gasteiger partial charge in [-0.15, -0.1) is 11.3 Å². The van der Waals surface area contributed by atoms with Crippen LogP contribution in [0.2, 0.25) is 0 Å². The maximum Gasteiger partial charge on any atom is 0.408 e. The molecular weight excluding hydrogens is 346 g/mol. The topological polar surface area (TPSA) is 124 Å². The van der Waals surface area contributed by atoms with E-state index in [1.807, 2.05) is 0 Å². The van der Waals surface area contributed by atoms with Gasteiger partial charge >= 0.3 is 6.09 Å². The number of aromatic nitrogens is 1. The fourth-order valence-electron chi connectivity index (χ4n) is 1.30. The van der Waals surface area contributed by atoms with Crippen LogP contribution in [0.3, 0.4) is 0 Å². The summed E-state index contributed by atoms with van der Waals surface area (Å²) in [6, 6.07) is -1.26. The van der Waals surface area contributed by atoms with E-state index in [1.54, 1.807) is 26.2 Å². The van der Waals surface area contributed by atoms with E-state index in [1.165, 1.54) is 17.5 Å². The van der Waals surface area contributed by atoms with Gasteiger partial charge in [0.25, 0.3) is 16.0 Å². The lowest BCUT2D eigenvalue weighted by molar-refractivity contribution is -0.118. The highest BCUT2D eigenvalue weighted by Crippen LogP contribution is 2.11. The van der Waals surface area contributed by atoms with Gasteiger partial charge in [-0.3, -0.25) is 8.98 Å². The van der Waals surface area contributed by atoms with Crippen molar-refractivity contribution in [3.8, 4) is 0 Å². The lowest BCUT2D eigenvalue weighted by atomic mass is 10.2. The number of anilines is 1. The van der Waals surface area contributed by atoms with Gasteiger partial charge in [0.1, 0.15) is 11.6 Å². The second-order valence-electron chi connectivity index (χ2n) is 5.51. The van der Waals surface area contributed by atoms with Crippen molar-refractivity contribution in [2.75, 3.05) is 18.2 Å². The highest BCUT2D eigenvalue weighted by molar-refractivity contribution is 7.85. The summed E-state index contributed by atoms with van der Waals surface area (Å²) >= 11 is 1.18. The van der Waals surface area contributed by atoms with E-state index in [4.69, 9.17) is 4.74 Å². The highest BCUT2D eigenvalue weighted by atomic mass is 32.2. The summed E-state index contributed by atoms with van der Waals surface area (Å²) in [5.41, 5.74) is -0.766. The normalized spacial score (nSPS) is 13.2. The van der Waals surface area contributed by atoms with E-state index in [2.05, 4.69) is 19.8 Å². The van der Waals surface area contributed by atoms with Crippen molar-refractivity contribution in [1.82, 2.24) is 10.3 Å². The third kappa shape index (κ3) is 8.47. The number of amides is 2. The Morgan fingerprint density at radius 3 is 2.52 bits per heavy atom. The molecule has 0 bridgehead atoms. The number of alkyl carbamates (subject to hydrolysis) is 1. The molecule has 1 unspecified atom stereocenters. The van der Waals surface area contributed by atoms with Gasteiger partial charge in [-0.1, -0.05) is 0 Å². The first kappa shape index (κ1) is 19.3. The molecule has 130 valence electrons. The summed E-state index contributed by atoms with van der Waals surface area (Å²) in [5, 5.41) is 6.68. The molecule has 0 aliphatic rings. The molecule has 1 rings (SSSR count). The van der Waals surface area contributed by atoms with Gasteiger partial charge in [0.15, 0.2) is 5.13 Å². The SMILES string of the molecule is CC(C)(C)OC(=O)NC(COS(C)(=O)=O)C(=O)Nc1nccs1. The second kappa shape index (κ2) is 7.70. The number of nitrogens with zero attached hydrogens (tertiary/aromatic N) is 1. The van der Waals surface area contributed by atoms with Crippen LogP contribution in [0.25, 0.3) is 0 Å². The Morgan fingerprint density at radius 1 is 1.39 bits per heavy atom. The molecule has 1 atom stereocenters. The Bertz CT molecular complexity index is 636. The average Bonchev–Trinajstić information content (AvgIpc) is 2.83. The molecule has 0 spiro atoms. The number of carbonyl (C=O) groups is 2. The fourth-order valence-corrected chi connectivity index (χ4v) is 2.22. The monoisotopic (exact) mass is 365 g/mol. The van der Waals surface area contributed by atoms with Crippen molar-refractivity contribution in [1.29, 1.82) is 0 Å². The maximum absolute atomic E-state index is 12.1. The Morgan fingerprint density at radius 2 is 2.04 bits per heavy atom. The van der Waals surface area contributed by atoms with Gasteiger partial charge in [-0.2, -0.15) is 8.42 Å². The van der Waals surface area contributed by atoms with Crippen LogP contribution in [-0.4, -0.2) is 49.9 Å². The van der Waals surface area contributed by atoms with Crippen molar-refractivity contribution >= 4 is 38.6 Å². The van der Waals surface area contributed by atoms with Crippen molar-refractivity contribution in [2.45, 2.75) is 32.4 Å². The largest absolute Gasteiger partial charge is 0.444 e. The van der Waals surface area contributed by atoms with Crippen molar-refractivity contribution in [3.63, 3.8) is 0 Å². The molecule has 1 aromatic rings. The van der Waals surface area contributed by atoms with Crippen LogP contribution in [0, 0.1) is 0 Å². The standard InChI is InChI=1S/C12H19N3O6S2/c1-12(2,3)21-11(17)14-8(7-20-23(4,18)19)9(16)15-10-13-5-6-22-10/h5-6,8H,7H2,1-4H3,(H,14,17)(H,13,15,16). The van der Waals surface area contributed by atoms with E-state index in [-0.39, 0.29) is 0 Å². The number of hydrogen-bond donors (Lipinski definition) is 2. The molecule has 0 saturated heterocycles. The molecule has 0 fully saturated rings. The minimum absolute atomic E-state index is 0.311. The number of thiazole rings is 1. The van der Waals surface area contributed by atoms with Gasteiger partial charge in [0, 0.05) is 11.6 Å². The van der Waals surface area contributed by atoms with E-state index in [0.29, 0.717) is 5.13 Å². The van der Waals surface area contributed by atoms with Crippen molar-refractivity contribution in [3.05, 3.63) is 11.6 Å². The first-order valence-corrected chi connectivity index (χ1v) is 9.20. The molecule has 0 saturated carbocycles. The number of nitrogens with one attached hydrogen (secondary N) is 2. The number of rotatable bonds is 6. The van der Waals surface area contributed by atoms with Crippen LogP contribution in [0.15, 0.2) is 11.6 Å². The van der Waals surface area contributed by atoms with Crippen molar-refractivity contribution < 1.29 is 26.9 Å².